The molecule has 0 aliphatic rings. The van der Waals surface area contributed by atoms with E-state index in [4.69, 9.17) is 10.5 Å². The molecule has 0 aliphatic heterocycles. The smallest absolute Gasteiger partial charge is 0.188 e. The third-order valence-corrected chi connectivity index (χ3v) is 2.65. The molecule has 120 valence electrons. The first-order valence-electron chi connectivity index (χ1n) is 7.16. The first kappa shape index (κ1) is 20.2. The number of nitrogens with two attached hydrogens (primary N) is 1. The minimum absolute atomic E-state index is 0. The molecule has 21 heavy (non-hydrogen) atoms. The molecule has 1 aromatic carbocycles. The highest BCUT2D eigenvalue weighted by molar-refractivity contribution is 14.0. The minimum Gasteiger partial charge on any atom is -0.371 e. The summed E-state index contributed by atoms with van der Waals surface area (Å²) in [5, 5.41) is 3.07. The summed E-state index contributed by atoms with van der Waals surface area (Å²) in [4.78, 5) is 4.32. The average Bonchev–Trinajstić information content (AvgIpc) is 2.40. The highest BCUT2D eigenvalue weighted by Crippen LogP contribution is 2.13. The summed E-state index contributed by atoms with van der Waals surface area (Å²) in [6.45, 7) is 10.3. The Morgan fingerprint density at radius 1 is 1.29 bits per heavy atom. The van der Waals surface area contributed by atoms with Gasteiger partial charge in [0.25, 0.3) is 0 Å². The van der Waals surface area contributed by atoms with Crippen LogP contribution in [0.1, 0.15) is 45.2 Å². The lowest BCUT2D eigenvalue weighted by molar-refractivity contribution is -0.0149. The fourth-order valence-corrected chi connectivity index (χ4v) is 1.60. The zero-order chi connectivity index (χ0) is 15.0. The Morgan fingerprint density at radius 3 is 2.57 bits per heavy atom. The van der Waals surface area contributed by atoms with Crippen molar-refractivity contribution in [2.75, 3.05) is 6.54 Å². The van der Waals surface area contributed by atoms with Crippen molar-refractivity contribution in [3.63, 3.8) is 0 Å². The highest BCUT2D eigenvalue weighted by Gasteiger charge is 2.09. The van der Waals surface area contributed by atoms with Crippen molar-refractivity contribution in [1.82, 2.24) is 5.32 Å². The highest BCUT2D eigenvalue weighted by atomic mass is 127. The van der Waals surface area contributed by atoms with E-state index in [-0.39, 0.29) is 29.6 Å². The normalized spacial score (nSPS) is 11.9. The van der Waals surface area contributed by atoms with Crippen LogP contribution in [0.4, 0.5) is 0 Å². The molecule has 0 amide bonds. The van der Waals surface area contributed by atoms with E-state index in [2.05, 4.69) is 56.2 Å². The predicted octanol–water partition coefficient (Wildman–Crippen LogP) is 3.43. The van der Waals surface area contributed by atoms with Crippen LogP contribution in [0.3, 0.4) is 0 Å². The summed E-state index contributed by atoms with van der Waals surface area (Å²) in [5.74, 6) is 0.503. The Hall–Kier alpha value is -0.820. The van der Waals surface area contributed by atoms with Gasteiger partial charge in [-0.15, -0.1) is 24.0 Å². The second-order valence-corrected chi connectivity index (χ2v) is 5.85. The van der Waals surface area contributed by atoms with Crippen molar-refractivity contribution in [2.24, 2.45) is 10.7 Å². The van der Waals surface area contributed by atoms with Gasteiger partial charge in [0.1, 0.15) is 0 Å². The van der Waals surface area contributed by atoms with Crippen molar-refractivity contribution >= 4 is 29.9 Å². The van der Waals surface area contributed by atoms with Crippen LogP contribution in [-0.4, -0.2) is 18.1 Å². The van der Waals surface area contributed by atoms with Gasteiger partial charge in [0, 0.05) is 6.54 Å². The van der Waals surface area contributed by atoms with E-state index in [0.717, 1.165) is 24.1 Å². The molecule has 0 radical (unpaired) electrons. The number of halogens is 1. The quantitative estimate of drug-likeness (QED) is 0.433. The van der Waals surface area contributed by atoms with Gasteiger partial charge in [0.2, 0.25) is 0 Å². The number of nitrogens with zero attached hydrogens (tertiary/aromatic N) is 1. The van der Waals surface area contributed by atoms with Crippen LogP contribution < -0.4 is 11.1 Å². The first-order chi connectivity index (χ1) is 9.40. The van der Waals surface area contributed by atoms with E-state index in [9.17, 15) is 0 Å². The second-order valence-electron chi connectivity index (χ2n) is 5.85. The third kappa shape index (κ3) is 9.68. The van der Waals surface area contributed by atoms with E-state index < -0.39 is 0 Å². The second kappa shape index (κ2) is 10.00. The van der Waals surface area contributed by atoms with E-state index in [1.165, 1.54) is 0 Å². The molecule has 0 saturated heterocycles. The molecule has 1 aromatic rings. The van der Waals surface area contributed by atoms with Gasteiger partial charge in [0.15, 0.2) is 5.96 Å². The molecule has 0 saturated carbocycles. The van der Waals surface area contributed by atoms with E-state index in [0.29, 0.717) is 19.1 Å². The lowest BCUT2D eigenvalue weighted by Gasteiger charge is -2.19. The maximum atomic E-state index is 5.78. The number of benzene rings is 1. The summed E-state index contributed by atoms with van der Waals surface area (Å²) < 4.78 is 5.78. The van der Waals surface area contributed by atoms with Crippen LogP contribution in [0.15, 0.2) is 29.3 Å². The molecular formula is C16H28IN3O. The van der Waals surface area contributed by atoms with Crippen molar-refractivity contribution < 1.29 is 4.74 Å². The van der Waals surface area contributed by atoms with E-state index >= 15 is 0 Å². The van der Waals surface area contributed by atoms with Gasteiger partial charge in [-0.3, -0.25) is 0 Å². The largest absolute Gasteiger partial charge is 0.371 e. The number of hydrogen-bond donors (Lipinski definition) is 2. The van der Waals surface area contributed by atoms with Crippen molar-refractivity contribution in [2.45, 2.75) is 52.9 Å². The molecule has 3 N–H and O–H groups in total. The van der Waals surface area contributed by atoms with Crippen LogP contribution in [0.2, 0.25) is 0 Å². The van der Waals surface area contributed by atoms with Crippen molar-refractivity contribution in [3.05, 3.63) is 35.4 Å². The molecule has 0 heterocycles. The van der Waals surface area contributed by atoms with E-state index in [1.807, 2.05) is 6.07 Å². The standard InChI is InChI=1S/C16H27N3O.HI/c1-5-9-18-15(17)19-11-13-7-6-8-14(10-13)12-20-16(2,3)4;/h6-8,10H,5,9,11-12H2,1-4H3,(H3,17,18,19);1H. The number of ether oxygens (including phenoxy) is 1. The summed E-state index contributed by atoms with van der Waals surface area (Å²) in [6.07, 6.45) is 1.04. The first-order valence-corrected chi connectivity index (χ1v) is 7.16. The topological polar surface area (TPSA) is 59.6 Å². The van der Waals surface area contributed by atoms with Gasteiger partial charge in [-0.25, -0.2) is 4.99 Å². The molecular weight excluding hydrogens is 377 g/mol. The summed E-state index contributed by atoms with van der Waals surface area (Å²) >= 11 is 0. The zero-order valence-electron chi connectivity index (χ0n) is 13.5. The maximum absolute atomic E-state index is 5.78. The Morgan fingerprint density at radius 2 is 1.95 bits per heavy atom. The molecule has 0 atom stereocenters. The summed E-state index contributed by atoms with van der Waals surface area (Å²) in [5.41, 5.74) is 7.95. The number of nitrogens with one attached hydrogen (secondary N) is 1. The molecule has 0 spiro atoms. The van der Waals surface area contributed by atoms with Gasteiger partial charge < -0.3 is 15.8 Å². The Kier molecular flexibility index (Phi) is 9.61. The van der Waals surface area contributed by atoms with Crippen LogP contribution in [-0.2, 0) is 17.9 Å². The number of guanidine groups is 1. The lowest BCUT2D eigenvalue weighted by Crippen LogP contribution is -2.32. The van der Waals surface area contributed by atoms with Gasteiger partial charge in [-0.05, 0) is 38.3 Å². The summed E-state index contributed by atoms with van der Waals surface area (Å²) in [6, 6.07) is 8.26. The SMILES string of the molecule is CCCNC(N)=NCc1cccc(COC(C)(C)C)c1.I. The monoisotopic (exact) mass is 405 g/mol. The average molecular weight is 405 g/mol. The van der Waals surface area contributed by atoms with E-state index in [1.54, 1.807) is 0 Å². The molecule has 0 unspecified atom stereocenters. The third-order valence-electron chi connectivity index (χ3n) is 2.65. The predicted molar refractivity (Wildman–Crippen MR) is 100 cm³/mol. The van der Waals surface area contributed by atoms with Crippen molar-refractivity contribution in [1.29, 1.82) is 0 Å². The molecule has 0 aliphatic carbocycles. The van der Waals surface area contributed by atoms with Crippen LogP contribution in [0, 0.1) is 0 Å². The minimum atomic E-state index is -0.122. The fourth-order valence-electron chi connectivity index (χ4n) is 1.60. The van der Waals surface area contributed by atoms with Crippen LogP contribution in [0.25, 0.3) is 0 Å². The van der Waals surface area contributed by atoms with Crippen LogP contribution in [0.5, 0.6) is 0 Å². The maximum Gasteiger partial charge on any atom is 0.188 e. The van der Waals surface area contributed by atoms with Gasteiger partial charge in [-0.1, -0.05) is 31.2 Å². The molecule has 0 fully saturated rings. The molecule has 5 heteroatoms. The Labute approximate surface area is 145 Å². The van der Waals surface area contributed by atoms with Crippen LogP contribution >= 0.6 is 24.0 Å². The molecule has 0 bridgehead atoms. The van der Waals surface area contributed by atoms with Gasteiger partial charge in [-0.2, -0.15) is 0 Å². The number of aliphatic imine (C=N–C) groups is 1. The van der Waals surface area contributed by atoms with Gasteiger partial charge in [0.05, 0.1) is 18.8 Å². The zero-order valence-corrected chi connectivity index (χ0v) is 15.8. The Balaban J connectivity index is 0.00000400. The Bertz CT molecular complexity index is 441. The van der Waals surface area contributed by atoms with Crippen molar-refractivity contribution in [3.8, 4) is 0 Å². The number of hydrogen-bond acceptors (Lipinski definition) is 2. The molecule has 1 rings (SSSR count). The number of rotatable bonds is 6. The van der Waals surface area contributed by atoms with Gasteiger partial charge >= 0.3 is 0 Å². The fraction of sp³-hybridized carbons (Fsp3) is 0.562. The molecule has 4 nitrogen and oxygen atoms in total. The summed E-state index contributed by atoms with van der Waals surface area (Å²) in [7, 11) is 0. The lowest BCUT2D eigenvalue weighted by atomic mass is 10.1. The molecule has 0 aromatic heterocycles.